The van der Waals surface area contributed by atoms with Crippen molar-refractivity contribution < 1.29 is 9.15 Å². The van der Waals surface area contributed by atoms with Crippen molar-refractivity contribution in [2.24, 2.45) is 0 Å². The van der Waals surface area contributed by atoms with Crippen LogP contribution < -0.4 is 10.3 Å². The van der Waals surface area contributed by atoms with Gasteiger partial charge in [0.05, 0.1) is 19.3 Å². The SMILES string of the molecule is CCSNC1COCc2c(-c3ccc4oc(=O)ccc4c3)cncc21. The summed E-state index contributed by atoms with van der Waals surface area (Å²) < 4.78 is 14.5. The van der Waals surface area contributed by atoms with Crippen molar-refractivity contribution in [2.75, 3.05) is 12.4 Å². The Hall–Kier alpha value is -2.15. The van der Waals surface area contributed by atoms with Crippen molar-refractivity contribution in [3.63, 3.8) is 0 Å². The highest BCUT2D eigenvalue weighted by atomic mass is 32.2. The summed E-state index contributed by atoms with van der Waals surface area (Å²) in [5, 5.41) is 0.891. The molecule has 1 unspecified atom stereocenters. The first kappa shape index (κ1) is 16.3. The zero-order valence-electron chi connectivity index (χ0n) is 13.8. The number of aromatic nitrogens is 1. The average molecular weight is 354 g/mol. The fourth-order valence-corrected chi connectivity index (χ4v) is 3.67. The van der Waals surface area contributed by atoms with E-state index in [4.69, 9.17) is 9.15 Å². The maximum absolute atomic E-state index is 11.4. The van der Waals surface area contributed by atoms with Crippen LogP contribution in [0, 0.1) is 0 Å². The van der Waals surface area contributed by atoms with Gasteiger partial charge in [-0.05, 0) is 34.9 Å². The lowest BCUT2D eigenvalue weighted by Gasteiger charge is -2.27. The molecule has 25 heavy (non-hydrogen) atoms. The van der Waals surface area contributed by atoms with E-state index in [1.54, 1.807) is 18.0 Å². The lowest BCUT2D eigenvalue weighted by Crippen LogP contribution is -2.26. The fourth-order valence-electron chi connectivity index (χ4n) is 3.10. The van der Waals surface area contributed by atoms with Gasteiger partial charge in [-0.1, -0.05) is 24.9 Å². The van der Waals surface area contributed by atoms with E-state index in [0.29, 0.717) is 18.8 Å². The minimum atomic E-state index is -0.338. The smallest absolute Gasteiger partial charge is 0.336 e. The van der Waals surface area contributed by atoms with Gasteiger partial charge in [-0.15, -0.1) is 0 Å². The second-order valence-corrected chi connectivity index (χ2v) is 6.98. The molecule has 4 rings (SSSR count). The van der Waals surface area contributed by atoms with Gasteiger partial charge in [0, 0.05) is 35.2 Å². The Morgan fingerprint density at radius 3 is 3.08 bits per heavy atom. The number of pyridine rings is 1. The van der Waals surface area contributed by atoms with Crippen LogP contribution in [0.25, 0.3) is 22.1 Å². The summed E-state index contributed by atoms with van der Waals surface area (Å²) in [5.74, 6) is 0.995. The van der Waals surface area contributed by atoms with E-state index in [1.165, 1.54) is 11.6 Å². The Morgan fingerprint density at radius 2 is 2.20 bits per heavy atom. The highest BCUT2D eigenvalue weighted by molar-refractivity contribution is 7.97. The molecule has 0 radical (unpaired) electrons. The number of hydrogen-bond acceptors (Lipinski definition) is 6. The van der Waals surface area contributed by atoms with Crippen molar-refractivity contribution in [2.45, 2.75) is 19.6 Å². The van der Waals surface area contributed by atoms with Gasteiger partial charge in [0.25, 0.3) is 0 Å². The zero-order valence-corrected chi connectivity index (χ0v) is 14.6. The molecule has 3 heterocycles. The van der Waals surface area contributed by atoms with Crippen molar-refractivity contribution in [1.82, 2.24) is 9.71 Å². The lowest BCUT2D eigenvalue weighted by atomic mass is 9.93. The largest absolute Gasteiger partial charge is 0.423 e. The average Bonchev–Trinajstić information content (AvgIpc) is 2.65. The first-order chi connectivity index (χ1) is 12.3. The molecule has 0 spiro atoms. The lowest BCUT2D eigenvalue weighted by molar-refractivity contribution is 0.0892. The second-order valence-electron chi connectivity index (χ2n) is 5.88. The summed E-state index contributed by atoms with van der Waals surface area (Å²) >= 11 is 1.68. The van der Waals surface area contributed by atoms with Crippen LogP contribution in [-0.4, -0.2) is 17.3 Å². The molecule has 3 aromatic rings. The number of fused-ring (bicyclic) bond motifs is 2. The second kappa shape index (κ2) is 7.00. The fraction of sp³-hybridized carbons (Fsp3) is 0.263. The predicted molar refractivity (Wildman–Crippen MR) is 99.4 cm³/mol. The van der Waals surface area contributed by atoms with Gasteiger partial charge in [0.2, 0.25) is 0 Å². The summed E-state index contributed by atoms with van der Waals surface area (Å²) in [5.41, 5.74) is 4.69. The molecule has 1 aromatic carbocycles. The van der Waals surface area contributed by atoms with Crippen molar-refractivity contribution in [3.8, 4) is 11.1 Å². The summed E-state index contributed by atoms with van der Waals surface area (Å²) in [6, 6.07) is 9.17. The van der Waals surface area contributed by atoms with Crippen molar-refractivity contribution in [3.05, 3.63) is 64.3 Å². The summed E-state index contributed by atoms with van der Waals surface area (Å²) in [6.45, 7) is 3.34. The number of hydrogen-bond donors (Lipinski definition) is 1. The first-order valence-electron chi connectivity index (χ1n) is 8.22. The monoisotopic (exact) mass is 354 g/mol. The van der Waals surface area contributed by atoms with Crippen LogP contribution in [0.3, 0.4) is 0 Å². The highest BCUT2D eigenvalue weighted by Crippen LogP contribution is 2.34. The molecule has 0 fully saturated rings. The number of benzene rings is 1. The molecular formula is C19H18N2O3S. The van der Waals surface area contributed by atoms with E-state index in [-0.39, 0.29) is 11.7 Å². The Balaban J connectivity index is 1.78. The molecule has 0 saturated carbocycles. The van der Waals surface area contributed by atoms with E-state index < -0.39 is 0 Å². The Kier molecular flexibility index (Phi) is 4.57. The summed E-state index contributed by atoms with van der Waals surface area (Å²) in [6.07, 6.45) is 3.80. The molecular weight excluding hydrogens is 336 g/mol. The van der Waals surface area contributed by atoms with Gasteiger partial charge in [-0.3, -0.25) is 9.71 Å². The molecule has 2 aromatic heterocycles. The van der Waals surface area contributed by atoms with Crippen molar-refractivity contribution in [1.29, 1.82) is 0 Å². The molecule has 1 aliphatic rings. The molecule has 0 amide bonds. The van der Waals surface area contributed by atoms with Crippen LogP contribution in [0.15, 0.2) is 51.9 Å². The third-order valence-electron chi connectivity index (χ3n) is 4.30. The minimum absolute atomic E-state index is 0.139. The number of ether oxygens (including phenoxy) is 1. The van der Waals surface area contributed by atoms with Crippen LogP contribution in [-0.2, 0) is 11.3 Å². The topological polar surface area (TPSA) is 64.4 Å². The van der Waals surface area contributed by atoms with Gasteiger partial charge in [-0.2, -0.15) is 0 Å². The molecule has 0 saturated heterocycles. The van der Waals surface area contributed by atoms with Gasteiger partial charge in [0.15, 0.2) is 0 Å². The minimum Gasteiger partial charge on any atom is -0.423 e. The number of nitrogens with zero attached hydrogens (tertiary/aromatic N) is 1. The molecule has 0 bridgehead atoms. The van der Waals surface area contributed by atoms with E-state index >= 15 is 0 Å². The normalized spacial score (nSPS) is 16.8. The Morgan fingerprint density at radius 1 is 1.28 bits per heavy atom. The number of nitrogens with one attached hydrogen (secondary N) is 1. The molecule has 128 valence electrons. The summed E-state index contributed by atoms with van der Waals surface area (Å²) in [4.78, 5) is 15.8. The van der Waals surface area contributed by atoms with E-state index in [2.05, 4.69) is 16.6 Å². The van der Waals surface area contributed by atoms with E-state index in [1.807, 2.05) is 30.6 Å². The third-order valence-corrected chi connectivity index (χ3v) is 5.04. The Bertz CT molecular complexity index is 970. The van der Waals surface area contributed by atoms with Gasteiger partial charge >= 0.3 is 5.63 Å². The number of rotatable bonds is 4. The molecule has 6 heteroatoms. The van der Waals surface area contributed by atoms with Crippen LogP contribution in [0.5, 0.6) is 0 Å². The molecule has 0 aliphatic carbocycles. The van der Waals surface area contributed by atoms with Crippen molar-refractivity contribution >= 4 is 22.9 Å². The predicted octanol–water partition coefficient (Wildman–Crippen LogP) is 3.68. The van der Waals surface area contributed by atoms with Gasteiger partial charge in [0.1, 0.15) is 5.58 Å². The van der Waals surface area contributed by atoms with Gasteiger partial charge < -0.3 is 9.15 Å². The van der Waals surface area contributed by atoms with E-state index in [9.17, 15) is 4.79 Å². The maximum Gasteiger partial charge on any atom is 0.336 e. The third kappa shape index (κ3) is 3.20. The van der Waals surface area contributed by atoms with Gasteiger partial charge in [-0.25, -0.2) is 4.79 Å². The van der Waals surface area contributed by atoms with E-state index in [0.717, 1.165) is 27.8 Å². The van der Waals surface area contributed by atoms with Crippen LogP contribution in [0.1, 0.15) is 24.1 Å². The molecule has 1 N–H and O–H groups in total. The highest BCUT2D eigenvalue weighted by Gasteiger charge is 2.23. The van der Waals surface area contributed by atoms with Crippen LogP contribution in [0.4, 0.5) is 0 Å². The van der Waals surface area contributed by atoms with Crippen LogP contribution in [0.2, 0.25) is 0 Å². The molecule has 1 atom stereocenters. The molecule has 1 aliphatic heterocycles. The molecule has 5 nitrogen and oxygen atoms in total. The first-order valence-corrected chi connectivity index (χ1v) is 9.21. The van der Waals surface area contributed by atoms with Crippen LogP contribution >= 0.6 is 11.9 Å². The quantitative estimate of drug-likeness (QED) is 0.569. The Labute approximate surface area is 149 Å². The standard InChI is InChI=1S/C19H18N2O3S/c1-2-25-21-17-11-23-10-16-14(8-20-9-15(16)17)12-3-5-18-13(7-12)4-6-19(22)24-18/h3-9,17,21H,2,10-11H2,1H3. The zero-order chi connectivity index (χ0) is 17.2. The maximum atomic E-state index is 11.4. The summed E-state index contributed by atoms with van der Waals surface area (Å²) in [7, 11) is 0.